The minimum absolute atomic E-state index is 0.623. The van der Waals surface area contributed by atoms with Crippen LogP contribution in [0.25, 0.3) is 0 Å². The Labute approximate surface area is 105 Å². The van der Waals surface area contributed by atoms with Crippen LogP contribution in [-0.4, -0.2) is 14.5 Å². The smallest absolute Gasteiger partial charge is 0.174 e. The molecule has 0 N–H and O–H groups in total. The first-order valence-electron chi connectivity index (χ1n) is 4.13. The molecule has 0 saturated heterocycles. The maximum Gasteiger partial charge on any atom is 0.174 e. The molecule has 0 fully saturated rings. The molecule has 3 nitrogen and oxygen atoms in total. The van der Waals surface area contributed by atoms with E-state index >= 15 is 0 Å². The van der Waals surface area contributed by atoms with Gasteiger partial charge in [-0.3, -0.25) is 0 Å². The molecule has 0 spiro atoms. The number of hydrogen-bond donors (Lipinski definition) is 0. The summed E-state index contributed by atoms with van der Waals surface area (Å²) in [6, 6.07) is 1.82. The zero-order valence-electron chi connectivity index (χ0n) is 7.82. The number of nitrogens with zero attached hydrogens (tertiary/aromatic N) is 3. The molecule has 0 saturated carbocycles. The van der Waals surface area contributed by atoms with Crippen LogP contribution in [0.2, 0.25) is 5.02 Å². The molecule has 2 heterocycles. The fraction of sp³-hybridized carbons (Fsp3) is 0.111. The molecule has 0 aliphatic carbocycles. The van der Waals surface area contributed by atoms with Crippen molar-refractivity contribution >= 4 is 39.3 Å². The van der Waals surface area contributed by atoms with E-state index in [-0.39, 0.29) is 0 Å². The lowest BCUT2D eigenvalue weighted by atomic mass is 10.5. The molecule has 2 aromatic heterocycles. The van der Waals surface area contributed by atoms with Gasteiger partial charge in [0.1, 0.15) is 5.03 Å². The van der Waals surface area contributed by atoms with Gasteiger partial charge in [-0.15, -0.1) is 0 Å². The van der Waals surface area contributed by atoms with Crippen molar-refractivity contribution in [3.8, 4) is 0 Å². The second-order valence-corrected chi connectivity index (χ2v) is 5.14. The molecule has 0 aliphatic heterocycles. The van der Waals surface area contributed by atoms with E-state index in [1.165, 1.54) is 11.8 Å². The van der Waals surface area contributed by atoms with Gasteiger partial charge in [-0.25, -0.2) is 9.97 Å². The Morgan fingerprint density at radius 2 is 2.27 bits per heavy atom. The van der Waals surface area contributed by atoms with E-state index in [4.69, 9.17) is 11.6 Å². The van der Waals surface area contributed by atoms with E-state index in [0.29, 0.717) is 5.02 Å². The maximum absolute atomic E-state index is 6.05. The van der Waals surface area contributed by atoms with Crippen LogP contribution in [0, 0.1) is 0 Å². The van der Waals surface area contributed by atoms with E-state index in [0.717, 1.165) is 14.7 Å². The van der Waals surface area contributed by atoms with Gasteiger partial charge in [0.05, 0.1) is 5.02 Å². The first-order chi connectivity index (χ1) is 7.16. The number of pyridine rings is 1. The van der Waals surface area contributed by atoms with Gasteiger partial charge in [-0.2, -0.15) is 0 Å². The average molecular weight is 305 g/mol. The highest BCUT2D eigenvalue weighted by molar-refractivity contribution is 9.10. The molecular formula is C9H7BrClN3S. The number of rotatable bonds is 2. The maximum atomic E-state index is 6.05. The summed E-state index contributed by atoms with van der Waals surface area (Å²) in [6.45, 7) is 0. The van der Waals surface area contributed by atoms with E-state index in [9.17, 15) is 0 Å². The fourth-order valence-corrected chi connectivity index (χ4v) is 2.51. The van der Waals surface area contributed by atoms with Crippen molar-refractivity contribution < 1.29 is 0 Å². The molecule has 0 bridgehead atoms. The molecule has 0 amide bonds. The third-order valence-electron chi connectivity index (χ3n) is 1.74. The summed E-state index contributed by atoms with van der Waals surface area (Å²) in [5.74, 6) is 0. The van der Waals surface area contributed by atoms with Gasteiger partial charge >= 0.3 is 0 Å². The normalized spacial score (nSPS) is 10.6. The molecule has 2 aromatic rings. The highest BCUT2D eigenvalue weighted by Crippen LogP contribution is 2.31. The molecule has 0 atom stereocenters. The average Bonchev–Trinajstić information content (AvgIpc) is 2.57. The molecule has 0 radical (unpaired) electrons. The van der Waals surface area contributed by atoms with Crippen LogP contribution in [0.4, 0.5) is 0 Å². The summed E-state index contributed by atoms with van der Waals surface area (Å²) >= 11 is 10.8. The summed E-state index contributed by atoms with van der Waals surface area (Å²) in [6.07, 6.45) is 5.35. The predicted molar refractivity (Wildman–Crippen MR) is 64.3 cm³/mol. The summed E-state index contributed by atoms with van der Waals surface area (Å²) in [5.41, 5.74) is 0. The topological polar surface area (TPSA) is 30.7 Å². The van der Waals surface area contributed by atoms with Crippen molar-refractivity contribution in [2.24, 2.45) is 7.05 Å². The Kier molecular flexibility index (Phi) is 3.33. The summed E-state index contributed by atoms with van der Waals surface area (Å²) < 4.78 is 2.79. The fourth-order valence-electron chi connectivity index (χ4n) is 1.01. The van der Waals surface area contributed by atoms with E-state index < -0.39 is 0 Å². The minimum atomic E-state index is 0.623. The quantitative estimate of drug-likeness (QED) is 0.852. The van der Waals surface area contributed by atoms with Crippen LogP contribution in [-0.2, 0) is 7.05 Å². The van der Waals surface area contributed by atoms with Crippen molar-refractivity contribution in [3.63, 3.8) is 0 Å². The van der Waals surface area contributed by atoms with Crippen LogP contribution in [0.3, 0.4) is 0 Å². The highest BCUT2D eigenvalue weighted by Gasteiger charge is 2.07. The third-order valence-corrected chi connectivity index (χ3v) is 3.67. The SMILES string of the molecule is Cn1ccnc1Sc1ncc(Br)cc1Cl. The van der Waals surface area contributed by atoms with Gasteiger partial charge in [0.25, 0.3) is 0 Å². The molecule has 0 aromatic carbocycles. The minimum Gasteiger partial charge on any atom is -0.329 e. The predicted octanol–water partition coefficient (Wildman–Crippen LogP) is 3.38. The number of halogens is 2. The van der Waals surface area contributed by atoms with Crippen molar-refractivity contribution in [1.29, 1.82) is 0 Å². The zero-order chi connectivity index (χ0) is 10.8. The second kappa shape index (κ2) is 4.55. The van der Waals surface area contributed by atoms with Crippen LogP contribution < -0.4 is 0 Å². The Bertz CT molecular complexity index is 486. The Hall–Kier alpha value is -0.520. The molecular weight excluding hydrogens is 298 g/mol. The van der Waals surface area contributed by atoms with E-state index in [1.54, 1.807) is 12.4 Å². The molecule has 2 rings (SSSR count). The number of aromatic nitrogens is 3. The second-order valence-electron chi connectivity index (χ2n) is 2.86. The van der Waals surface area contributed by atoms with Gasteiger partial charge < -0.3 is 4.57 Å². The lowest BCUT2D eigenvalue weighted by Gasteiger charge is -2.02. The van der Waals surface area contributed by atoms with Crippen LogP contribution in [0.1, 0.15) is 0 Å². The van der Waals surface area contributed by atoms with Crippen molar-refractivity contribution in [3.05, 3.63) is 34.2 Å². The first kappa shape index (κ1) is 11.0. The van der Waals surface area contributed by atoms with Gasteiger partial charge in [0.15, 0.2) is 5.16 Å². The lowest BCUT2D eigenvalue weighted by Crippen LogP contribution is -1.90. The summed E-state index contributed by atoms with van der Waals surface area (Å²) in [5, 5.41) is 2.25. The van der Waals surface area contributed by atoms with Crippen LogP contribution in [0.15, 0.2) is 39.3 Å². The van der Waals surface area contributed by atoms with Crippen LogP contribution in [0.5, 0.6) is 0 Å². The molecule has 0 aliphatic rings. The largest absolute Gasteiger partial charge is 0.329 e. The molecule has 6 heteroatoms. The Morgan fingerprint density at radius 1 is 1.47 bits per heavy atom. The summed E-state index contributed by atoms with van der Waals surface area (Å²) in [7, 11) is 1.93. The van der Waals surface area contributed by atoms with Gasteiger partial charge in [0.2, 0.25) is 0 Å². The van der Waals surface area contributed by atoms with Gasteiger partial charge in [0, 0.05) is 30.1 Å². The number of aryl methyl sites for hydroxylation is 1. The lowest BCUT2D eigenvalue weighted by molar-refractivity contribution is 0.788. The molecule has 78 valence electrons. The Morgan fingerprint density at radius 3 is 2.87 bits per heavy atom. The van der Waals surface area contributed by atoms with Crippen molar-refractivity contribution in [2.75, 3.05) is 0 Å². The number of hydrogen-bond acceptors (Lipinski definition) is 3. The van der Waals surface area contributed by atoms with E-state index in [1.807, 2.05) is 23.9 Å². The Balaban J connectivity index is 2.29. The van der Waals surface area contributed by atoms with Crippen molar-refractivity contribution in [2.45, 2.75) is 10.2 Å². The number of imidazole rings is 1. The first-order valence-corrected chi connectivity index (χ1v) is 6.12. The van der Waals surface area contributed by atoms with Crippen molar-refractivity contribution in [1.82, 2.24) is 14.5 Å². The zero-order valence-corrected chi connectivity index (χ0v) is 11.0. The monoisotopic (exact) mass is 303 g/mol. The molecule has 0 unspecified atom stereocenters. The third kappa shape index (κ3) is 2.53. The standard InChI is InChI=1S/C9H7BrClN3S/c1-14-3-2-12-9(14)15-8-7(11)4-6(10)5-13-8/h2-5H,1H3. The highest BCUT2D eigenvalue weighted by atomic mass is 79.9. The summed E-state index contributed by atoms with van der Waals surface area (Å²) in [4.78, 5) is 8.41. The van der Waals surface area contributed by atoms with Gasteiger partial charge in [-0.05, 0) is 33.8 Å². The van der Waals surface area contributed by atoms with Gasteiger partial charge in [-0.1, -0.05) is 11.6 Å². The molecule has 15 heavy (non-hydrogen) atoms. The van der Waals surface area contributed by atoms with Crippen LogP contribution >= 0.6 is 39.3 Å². The van der Waals surface area contributed by atoms with E-state index in [2.05, 4.69) is 25.9 Å².